The number of benzene rings is 1. The van der Waals surface area contributed by atoms with Crippen molar-refractivity contribution >= 4 is 34.1 Å². The van der Waals surface area contributed by atoms with Crippen LogP contribution in [0, 0.1) is 12.8 Å². The number of nitrogens with one attached hydrogen (secondary N) is 2. The number of aryl methyl sites for hydroxylation is 1. The van der Waals surface area contributed by atoms with Gasteiger partial charge in [0.05, 0.1) is 23.9 Å². The summed E-state index contributed by atoms with van der Waals surface area (Å²) in [6, 6.07) is 10.0. The van der Waals surface area contributed by atoms with Crippen LogP contribution in [0.4, 0.5) is 17.3 Å². The van der Waals surface area contributed by atoms with Crippen molar-refractivity contribution in [2.45, 2.75) is 19.8 Å². The fraction of sp³-hybridized carbons (Fsp3) is 0.357. The van der Waals surface area contributed by atoms with Gasteiger partial charge >= 0.3 is 0 Å². The zero-order valence-electron chi connectivity index (χ0n) is 22.6. The quantitative estimate of drug-likeness (QED) is 0.226. The number of methoxy groups -OCH3 is 1. The predicted octanol–water partition coefficient (Wildman–Crippen LogP) is 4.12. The van der Waals surface area contributed by atoms with E-state index in [2.05, 4.69) is 20.2 Å². The first-order chi connectivity index (χ1) is 18.9. The van der Waals surface area contributed by atoms with Crippen molar-refractivity contribution in [3.63, 3.8) is 0 Å². The first kappa shape index (κ1) is 26.2. The Kier molecular flexibility index (Phi) is 7.51. The lowest BCUT2D eigenvalue weighted by Gasteiger charge is -2.32. The van der Waals surface area contributed by atoms with Gasteiger partial charge in [0.1, 0.15) is 17.2 Å². The first-order valence-electron chi connectivity index (χ1n) is 12.9. The minimum Gasteiger partial charge on any atom is -0.495 e. The maximum absolute atomic E-state index is 11.5. The molecule has 0 bridgehead atoms. The van der Waals surface area contributed by atoms with Crippen LogP contribution < -0.4 is 25.3 Å². The van der Waals surface area contributed by atoms with Crippen molar-refractivity contribution in [2.24, 2.45) is 5.92 Å². The second kappa shape index (κ2) is 11.2. The summed E-state index contributed by atoms with van der Waals surface area (Å²) in [7, 11) is 5.65. The Labute approximate surface area is 226 Å². The molecular formula is C28H33N7O4. The smallest absolute Gasteiger partial charge is 0.277 e. The molecule has 4 aromatic rings. The molecule has 0 aliphatic carbocycles. The highest BCUT2D eigenvalue weighted by molar-refractivity contribution is 5.97. The average Bonchev–Trinajstić information content (AvgIpc) is 3.41. The fourth-order valence-electron chi connectivity index (χ4n) is 4.86. The van der Waals surface area contributed by atoms with Crippen molar-refractivity contribution in [3.8, 4) is 17.2 Å². The number of furan rings is 1. The lowest BCUT2D eigenvalue weighted by Crippen LogP contribution is -2.37. The zero-order chi connectivity index (χ0) is 27.5. The molecule has 1 saturated heterocycles. The summed E-state index contributed by atoms with van der Waals surface area (Å²) in [6.07, 6.45) is 4.78. The molecule has 3 aromatic heterocycles. The van der Waals surface area contributed by atoms with E-state index in [1.165, 1.54) is 12.4 Å². The van der Waals surface area contributed by atoms with Gasteiger partial charge in [-0.15, -0.1) is 0 Å². The van der Waals surface area contributed by atoms with Gasteiger partial charge in [0.25, 0.3) is 5.91 Å². The second-order valence-corrected chi connectivity index (χ2v) is 9.92. The Morgan fingerprint density at radius 3 is 2.54 bits per heavy atom. The highest BCUT2D eigenvalue weighted by atomic mass is 16.5. The van der Waals surface area contributed by atoms with Crippen LogP contribution in [0.3, 0.4) is 0 Å². The van der Waals surface area contributed by atoms with E-state index < -0.39 is 5.91 Å². The lowest BCUT2D eigenvalue weighted by molar-refractivity contribution is 0.0705. The Bertz CT molecular complexity index is 1460. The number of ether oxygens (including phenoxy) is 1. The summed E-state index contributed by atoms with van der Waals surface area (Å²) in [5, 5.41) is 13.4. The third-order valence-electron chi connectivity index (χ3n) is 7.06. The molecule has 1 fully saturated rings. The van der Waals surface area contributed by atoms with Gasteiger partial charge in [-0.3, -0.25) is 10.0 Å². The van der Waals surface area contributed by atoms with Crippen LogP contribution in [0.5, 0.6) is 5.75 Å². The number of anilines is 3. The van der Waals surface area contributed by atoms with Crippen LogP contribution >= 0.6 is 0 Å². The second-order valence-electron chi connectivity index (χ2n) is 9.92. The van der Waals surface area contributed by atoms with Crippen molar-refractivity contribution in [3.05, 3.63) is 54.0 Å². The van der Waals surface area contributed by atoms with E-state index in [0.717, 1.165) is 77.7 Å². The number of hydrogen-bond donors (Lipinski definition) is 3. The molecule has 39 heavy (non-hydrogen) atoms. The standard InChI is InChI=1S/C28H33N7O4/c1-17-5-6-25(39-17)23-12-21(20-11-26(38-4)24(34(2)3)13-22(20)32-23)29-14-18-7-9-35(10-8-18)28-30-15-19(16-31-28)27(36)33-37/h5-6,11-13,15-16,18,37H,7-10,14H2,1-4H3,(H,29,32)(H,33,36). The van der Waals surface area contributed by atoms with Crippen LogP contribution in [0.1, 0.15) is 29.0 Å². The Balaban J connectivity index is 1.33. The lowest BCUT2D eigenvalue weighted by atomic mass is 9.96. The highest BCUT2D eigenvalue weighted by Crippen LogP contribution is 2.37. The van der Waals surface area contributed by atoms with E-state index >= 15 is 0 Å². The third-order valence-corrected chi connectivity index (χ3v) is 7.06. The molecule has 11 heteroatoms. The minimum atomic E-state index is -0.629. The molecule has 5 rings (SSSR count). The first-order valence-corrected chi connectivity index (χ1v) is 12.9. The van der Waals surface area contributed by atoms with Gasteiger partial charge in [-0.05, 0) is 56.0 Å². The molecule has 0 saturated carbocycles. The van der Waals surface area contributed by atoms with Crippen LogP contribution in [-0.4, -0.2) is 66.9 Å². The third kappa shape index (κ3) is 5.58. The van der Waals surface area contributed by atoms with Crippen LogP contribution in [-0.2, 0) is 0 Å². The molecule has 1 aliphatic rings. The maximum Gasteiger partial charge on any atom is 0.277 e. The summed E-state index contributed by atoms with van der Waals surface area (Å²) in [5.74, 6) is 2.77. The largest absolute Gasteiger partial charge is 0.495 e. The normalized spacial score (nSPS) is 13.9. The van der Waals surface area contributed by atoms with Gasteiger partial charge < -0.3 is 24.3 Å². The van der Waals surface area contributed by atoms with E-state index in [1.54, 1.807) is 12.6 Å². The van der Waals surface area contributed by atoms with Crippen LogP contribution in [0.15, 0.2) is 47.1 Å². The topological polar surface area (TPSA) is 129 Å². The molecule has 1 aliphatic heterocycles. The zero-order valence-corrected chi connectivity index (χ0v) is 22.6. The molecule has 11 nitrogen and oxygen atoms in total. The number of aromatic nitrogens is 3. The minimum absolute atomic E-state index is 0.211. The molecule has 1 aromatic carbocycles. The van der Waals surface area contributed by atoms with E-state index in [4.69, 9.17) is 19.3 Å². The molecule has 0 radical (unpaired) electrons. The maximum atomic E-state index is 11.5. The number of carbonyl (C=O) groups is 1. The van der Waals surface area contributed by atoms with Gasteiger partial charge in [0.2, 0.25) is 5.95 Å². The molecule has 3 N–H and O–H groups in total. The molecular weight excluding hydrogens is 498 g/mol. The molecule has 0 unspecified atom stereocenters. The summed E-state index contributed by atoms with van der Waals surface area (Å²) in [4.78, 5) is 29.2. The number of amides is 1. The van der Waals surface area contributed by atoms with Crippen LogP contribution in [0.25, 0.3) is 22.4 Å². The Hall–Kier alpha value is -4.38. The molecule has 1 amide bonds. The van der Waals surface area contributed by atoms with E-state index in [9.17, 15) is 4.79 Å². The van der Waals surface area contributed by atoms with E-state index in [1.807, 2.05) is 56.3 Å². The van der Waals surface area contributed by atoms with Crippen molar-refractivity contribution < 1.29 is 19.2 Å². The molecule has 204 valence electrons. The van der Waals surface area contributed by atoms with Crippen LogP contribution in [0.2, 0.25) is 0 Å². The number of carbonyl (C=O) groups excluding carboxylic acids is 1. The van der Waals surface area contributed by atoms with Gasteiger partial charge in [-0.1, -0.05) is 0 Å². The highest BCUT2D eigenvalue weighted by Gasteiger charge is 2.22. The number of hydrogen-bond acceptors (Lipinski definition) is 10. The summed E-state index contributed by atoms with van der Waals surface area (Å²) in [6.45, 7) is 4.35. The Morgan fingerprint density at radius 1 is 1.18 bits per heavy atom. The fourth-order valence-corrected chi connectivity index (χ4v) is 4.86. The van der Waals surface area contributed by atoms with Crippen molar-refractivity contribution in [1.82, 2.24) is 20.4 Å². The van der Waals surface area contributed by atoms with Gasteiger partial charge in [0, 0.05) is 57.2 Å². The predicted molar refractivity (Wildman–Crippen MR) is 150 cm³/mol. The molecule has 4 heterocycles. The number of fused-ring (bicyclic) bond motifs is 1. The summed E-state index contributed by atoms with van der Waals surface area (Å²) in [5.41, 5.74) is 5.38. The van der Waals surface area contributed by atoms with Crippen molar-refractivity contribution in [2.75, 3.05) is 56.0 Å². The SMILES string of the molecule is COc1cc2c(NCC3CCN(c4ncc(C(=O)NO)cn4)CC3)cc(-c3ccc(C)o3)nc2cc1N(C)C. The van der Waals surface area contributed by atoms with Gasteiger partial charge in [0.15, 0.2) is 5.76 Å². The number of piperidine rings is 1. The average molecular weight is 532 g/mol. The van der Waals surface area contributed by atoms with Crippen molar-refractivity contribution in [1.29, 1.82) is 0 Å². The van der Waals surface area contributed by atoms with Gasteiger partial charge in [-0.25, -0.2) is 20.4 Å². The number of hydroxylamine groups is 1. The number of rotatable bonds is 8. The van der Waals surface area contributed by atoms with E-state index in [0.29, 0.717) is 11.9 Å². The van der Waals surface area contributed by atoms with E-state index in [-0.39, 0.29) is 5.56 Å². The summed E-state index contributed by atoms with van der Waals surface area (Å²) < 4.78 is 11.6. The number of pyridine rings is 1. The summed E-state index contributed by atoms with van der Waals surface area (Å²) >= 11 is 0. The Morgan fingerprint density at radius 2 is 1.92 bits per heavy atom. The number of nitrogens with zero attached hydrogens (tertiary/aromatic N) is 5. The monoisotopic (exact) mass is 531 g/mol. The molecule has 0 spiro atoms. The molecule has 0 atom stereocenters. The van der Waals surface area contributed by atoms with Gasteiger partial charge in [-0.2, -0.15) is 0 Å².